The number of hydrogen-bond donors (Lipinski definition) is 0. The first kappa shape index (κ1) is 13.7. The predicted octanol–water partition coefficient (Wildman–Crippen LogP) is 4.58. The van der Waals surface area contributed by atoms with Crippen LogP contribution in [0.3, 0.4) is 0 Å². The second kappa shape index (κ2) is 6.42. The second-order valence-corrected chi connectivity index (χ2v) is 5.53. The molecule has 0 amide bonds. The molecule has 18 heavy (non-hydrogen) atoms. The smallest absolute Gasteiger partial charge is 0.146 e. The van der Waals surface area contributed by atoms with Crippen molar-refractivity contribution in [2.45, 2.75) is 38.0 Å². The predicted molar refractivity (Wildman–Crippen MR) is 75.8 cm³/mol. The van der Waals surface area contributed by atoms with Crippen molar-refractivity contribution in [3.8, 4) is 0 Å². The lowest BCUT2D eigenvalue weighted by Crippen LogP contribution is -2.28. The SMILES string of the molecule is CN(CC1CCCCC1)c1c(F)cccc1CCl. The zero-order valence-corrected chi connectivity index (χ0v) is 11.7. The molecular weight excluding hydrogens is 249 g/mol. The first-order valence-corrected chi connectivity index (χ1v) is 7.30. The Hall–Kier alpha value is -0.760. The lowest BCUT2D eigenvalue weighted by Gasteiger charge is -2.29. The van der Waals surface area contributed by atoms with Crippen LogP contribution in [0.4, 0.5) is 10.1 Å². The van der Waals surface area contributed by atoms with Gasteiger partial charge in [0, 0.05) is 19.5 Å². The standard InChI is InChI=1S/C15H21ClFN/c1-18(11-12-6-3-2-4-7-12)15-13(10-16)8-5-9-14(15)17/h5,8-9,12H,2-4,6-7,10-11H2,1H3. The third-order valence-electron chi connectivity index (χ3n) is 3.85. The van der Waals surface area contributed by atoms with E-state index in [1.807, 2.05) is 18.0 Å². The number of nitrogens with zero attached hydrogens (tertiary/aromatic N) is 1. The van der Waals surface area contributed by atoms with Gasteiger partial charge in [0.05, 0.1) is 5.69 Å². The van der Waals surface area contributed by atoms with Gasteiger partial charge in [0.2, 0.25) is 0 Å². The summed E-state index contributed by atoms with van der Waals surface area (Å²) in [5.41, 5.74) is 1.56. The summed E-state index contributed by atoms with van der Waals surface area (Å²) < 4.78 is 13.9. The molecule has 1 nitrogen and oxygen atoms in total. The van der Waals surface area contributed by atoms with E-state index in [0.717, 1.165) is 12.1 Å². The van der Waals surface area contributed by atoms with Crippen molar-refractivity contribution in [1.82, 2.24) is 0 Å². The maximum absolute atomic E-state index is 13.9. The summed E-state index contributed by atoms with van der Waals surface area (Å²) in [6.45, 7) is 0.935. The minimum Gasteiger partial charge on any atom is -0.372 e. The molecule has 0 unspecified atom stereocenters. The molecule has 0 heterocycles. The Morgan fingerprint density at radius 3 is 2.67 bits per heavy atom. The van der Waals surface area contributed by atoms with Crippen LogP contribution in [0.15, 0.2) is 18.2 Å². The summed E-state index contributed by atoms with van der Waals surface area (Å²) in [6, 6.07) is 5.15. The normalized spacial score (nSPS) is 16.8. The van der Waals surface area contributed by atoms with Crippen molar-refractivity contribution in [3.05, 3.63) is 29.6 Å². The van der Waals surface area contributed by atoms with Crippen molar-refractivity contribution in [2.24, 2.45) is 5.92 Å². The molecule has 0 saturated heterocycles. The van der Waals surface area contributed by atoms with Crippen LogP contribution in [0.2, 0.25) is 0 Å². The van der Waals surface area contributed by atoms with E-state index >= 15 is 0 Å². The van der Waals surface area contributed by atoms with Gasteiger partial charge in [-0.05, 0) is 30.4 Å². The molecule has 1 aliphatic carbocycles. The number of alkyl halides is 1. The molecule has 0 aromatic heterocycles. The highest BCUT2D eigenvalue weighted by atomic mass is 35.5. The molecule has 1 aromatic rings. The fourth-order valence-electron chi connectivity index (χ4n) is 2.94. The largest absolute Gasteiger partial charge is 0.372 e. The van der Waals surface area contributed by atoms with Crippen LogP contribution in [0, 0.1) is 11.7 Å². The summed E-state index contributed by atoms with van der Waals surface area (Å²) in [4.78, 5) is 2.04. The monoisotopic (exact) mass is 269 g/mol. The van der Waals surface area contributed by atoms with Crippen molar-refractivity contribution in [3.63, 3.8) is 0 Å². The van der Waals surface area contributed by atoms with Gasteiger partial charge in [-0.1, -0.05) is 31.4 Å². The zero-order chi connectivity index (χ0) is 13.0. The lowest BCUT2D eigenvalue weighted by molar-refractivity contribution is 0.361. The summed E-state index contributed by atoms with van der Waals surface area (Å²) >= 11 is 5.90. The quantitative estimate of drug-likeness (QED) is 0.723. The summed E-state index contributed by atoms with van der Waals surface area (Å²) in [5, 5.41) is 0. The molecule has 2 rings (SSSR count). The zero-order valence-electron chi connectivity index (χ0n) is 11.0. The Kier molecular flexibility index (Phi) is 4.87. The molecule has 3 heteroatoms. The van der Waals surface area contributed by atoms with Crippen LogP contribution in [0.1, 0.15) is 37.7 Å². The van der Waals surface area contributed by atoms with E-state index in [9.17, 15) is 4.39 Å². The van der Waals surface area contributed by atoms with E-state index in [0.29, 0.717) is 17.5 Å². The van der Waals surface area contributed by atoms with E-state index in [1.165, 1.54) is 38.2 Å². The lowest BCUT2D eigenvalue weighted by atomic mass is 9.89. The Morgan fingerprint density at radius 2 is 2.00 bits per heavy atom. The minimum atomic E-state index is -0.161. The average molecular weight is 270 g/mol. The van der Waals surface area contributed by atoms with Crippen LogP contribution in [0.5, 0.6) is 0 Å². The summed E-state index contributed by atoms with van der Waals surface area (Å²) in [6.07, 6.45) is 6.53. The Bertz CT molecular complexity index is 388. The van der Waals surface area contributed by atoms with Crippen LogP contribution in [0.25, 0.3) is 0 Å². The van der Waals surface area contributed by atoms with Crippen molar-refractivity contribution >= 4 is 17.3 Å². The van der Waals surface area contributed by atoms with E-state index in [2.05, 4.69) is 0 Å². The summed E-state index contributed by atoms with van der Waals surface area (Å²) in [5.74, 6) is 0.903. The van der Waals surface area contributed by atoms with Crippen LogP contribution >= 0.6 is 11.6 Å². The Labute approximate surface area is 114 Å². The molecule has 1 aliphatic rings. The van der Waals surface area contributed by atoms with E-state index in [-0.39, 0.29) is 5.82 Å². The highest BCUT2D eigenvalue weighted by Crippen LogP contribution is 2.29. The highest BCUT2D eigenvalue weighted by molar-refractivity contribution is 6.17. The molecule has 1 aromatic carbocycles. The van der Waals surface area contributed by atoms with Crippen LogP contribution in [-0.2, 0) is 5.88 Å². The van der Waals surface area contributed by atoms with Gasteiger partial charge in [0.25, 0.3) is 0 Å². The average Bonchev–Trinajstić information content (AvgIpc) is 2.39. The fourth-order valence-corrected chi connectivity index (χ4v) is 3.16. The van der Waals surface area contributed by atoms with E-state index in [1.54, 1.807) is 6.07 Å². The van der Waals surface area contributed by atoms with Gasteiger partial charge >= 0.3 is 0 Å². The first-order chi connectivity index (χ1) is 8.72. The van der Waals surface area contributed by atoms with Gasteiger partial charge in [0.15, 0.2) is 0 Å². The van der Waals surface area contributed by atoms with E-state index < -0.39 is 0 Å². The third-order valence-corrected chi connectivity index (χ3v) is 4.14. The molecule has 0 bridgehead atoms. The second-order valence-electron chi connectivity index (χ2n) is 5.27. The topological polar surface area (TPSA) is 3.24 Å². The Balaban J connectivity index is 2.09. The molecular formula is C15H21ClFN. The number of para-hydroxylation sites is 1. The molecule has 100 valence electrons. The van der Waals surface area contributed by atoms with Gasteiger partial charge in [-0.25, -0.2) is 4.39 Å². The first-order valence-electron chi connectivity index (χ1n) is 6.77. The van der Waals surface area contributed by atoms with Gasteiger partial charge in [0.1, 0.15) is 5.82 Å². The number of rotatable bonds is 4. The molecule has 1 fully saturated rings. The molecule has 1 saturated carbocycles. The maximum atomic E-state index is 13.9. The third kappa shape index (κ3) is 3.17. The summed E-state index contributed by atoms with van der Waals surface area (Å²) in [7, 11) is 1.98. The van der Waals surface area contributed by atoms with Crippen molar-refractivity contribution in [1.29, 1.82) is 0 Å². The molecule has 0 aliphatic heterocycles. The maximum Gasteiger partial charge on any atom is 0.146 e. The highest BCUT2D eigenvalue weighted by Gasteiger charge is 2.18. The number of anilines is 1. The number of hydrogen-bond acceptors (Lipinski definition) is 1. The van der Waals surface area contributed by atoms with Gasteiger partial charge in [-0.3, -0.25) is 0 Å². The number of halogens is 2. The van der Waals surface area contributed by atoms with Gasteiger partial charge < -0.3 is 4.90 Å². The van der Waals surface area contributed by atoms with Gasteiger partial charge in [-0.15, -0.1) is 11.6 Å². The molecule has 0 radical (unpaired) electrons. The fraction of sp³-hybridized carbons (Fsp3) is 0.600. The van der Waals surface area contributed by atoms with Crippen molar-refractivity contribution < 1.29 is 4.39 Å². The van der Waals surface area contributed by atoms with Crippen molar-refractivity contribution in [2.75, 3.05) is 18.5 Å². The van der Waals surface area contributed by atoms with Crippen LogP contribution < -0.4 is 4.90 Å². The van der Waals surface area contributed by atoms with Gasteiger partial charge in [-0.2, -0.15) is 0 Å². The number of benzene rings is 1. The molecule has 0 atom stereocenters. The molecule has 0 spiro atoms. The molecule has 0 N–H and O–H groups in total. The Morgan fingerprint density at radius 1 is 1.28 bits per heavy atom. The van der Waals surface area contributed by atoms with Crippen LogP contribution in [-0.4, -0.2) is 13.6 Å². The minimum absolute atomic E-state index is 0.161. The van der Waals surface area contributed by atoms with E-state index in [4.69, 9.17) is 11.6 Å².